The Morgan fingerprint density at radius 3 is 2.89 bits per heavy atom. The molecule has 6 heteroatoms. The molecule has 0 bridgehead atoms. The van der Waals surface area contributed by atoms with E-state index in [0.717, 1.165) is 5.56 Å². The molecule has 3 N–H and O–H groups in total. The van der Waals surface area contributed by atoms with Crippen LogP contribution in [0.15, 0.2) is 12.1 Å². The van der Waals surface area contributed by atoms with Crippen molar-refractivity contribution in [3.05, 3.63) is 28.3 Å². The van der Waals surface area contributed by atoms with Gasteiger partial charge < -0.3 is 15.5 Å². The van der Waals surface area contributed by atoms with Crippen molar-refractivity contribution in [2.24, 2.45) is 0 Å². The Kier molecular flexibility index (Phi) is 4.07. The van der Waals surface area contributed by atoms with Gasteiger partial charge in [-0.05, 0) is 36.1 Å². The van der Waals surface area contributed by atoms with E-state index in [-0.39, 0.29) is 18.7 Å². The molecule has 1 aromatic carbocycles. The number of nitrogens with one attached hydrogen (secondary N) is 1. The number of hydrogen-bond acceptors (Lipinski definition) is 3. The van der Waals surface area contributed by atoms with E-state index in [2.05, 4.69) is 5.32 Å². The van der Waals surface area contributed by atoms with Crippen LogP contribution in [0.2, 0.25) is 5.02 Å². The Bertz CT molecular complexity index is 530. The molecule has 1 aromatic rings. The molecule has 1 atom stereocenters. The van der Waals surface area contributed by atoms with Gasteiger partial charge in [0, 0.05) is 17.1 Å². The highest BCUT2D eigenvalue weighted by atomic mass is 35.5. The van der Waals surface area contributed by atoms with Crippen LogP contribution >= 0.6 is 11.6 Å². The second-order valence-corrected chi connectivity index (χ2v) is 4.96. The van der Waals surface area contributed by atoms with Gasteiger partial charge in [-0.3, -0.25) is 9.59 Å². The van der Waals surface area contributed by atoms with Gasteiger partial charge in [0.05, 0.1) is 12.5 Å². The Morgan fingerprint density at radius 2 is 2.21 bits per heavy atom. The predicted octanol–water partition coefficient (Wildman–Crippen LogP) is 2.12. The zero-order valence-corrected chi connectivity index (χ0v) is 10.9. The summed E-state index contributed by atoms with van der Waals surface area (Å²) in [5.74, 6) is -0.981. The van der Waals surface area contributed by atoms with Crippen molar-refractivity contribution in [1.82, 2.24) is 0 Å². The van der Waals surface area contributed by atoms with Crippen molar-refractivity contribution in [3.8, 4) is 0 Å². The number of carboxylic acid groups (broad SMARTS) is 1. The van der Waals surface area contributed by atoms with E-state index in [1.54, 1.807) is 12.1 Å². The SMILES string of the molecule is O=C(O)CCCC(O)c1cc2c(cc1Cl)NC(=O)C2. The number of aliphatic hydroxyl groups is 1. The number of carboxylic acids is 1. The van der Waals surface area contributed by atoms with Crippen LogP contribution in [0.5, 0.6) is 0 Å². The number of rotatable bonds is 5. The molecule has 0 saturated heterocycles. The average molecular weight is 284 g/mol. The first kappa shape index (κ1) is 13.8. The van der Waals surface area contributed by atoms with Crippen molar-refractivity contribution in [2.45, 2.75) is 31.8 Å². The fraction of sp³-hybridized carbons (Fsp3) is 0.385. The Balaban J connectivity index is 2.10. The number of benzene rings is 1. The van der Waals surface area contributed by atoms with Gasteiger partial charge in [-0.2, -0.15) is 0 Å². The Labute approximate surface area is 115 Å². The lowest BCUT2D eigenvalue weighted by molar-refractivity contribution is -0.137. The molecular formula is C13H14ClNO4. The lowest BCUT2D eigenvalue weighted by Gasteiger charge is -2.13. The number of anilines is 1. The highest BCUT2D eigenvalue weighted by molar-refractivity contribution is 6.32. The molecule has 102 valence electrons. The highest BCUT2D eigenvalue weighted by Gasteiger charge is 2.22. The second kappa shape index (κ2) is 5.59. The van der Waals surface area contributed by atoms with Gasteiger partial charge in [-0.15, -0.1) is 0 Å². The topological polar surface area (TPSA) is 86.6 Å². The number of amides is 1. The zero-order valence-electron chi connectivity index (χ0n) is 10.1. The summed E-state index contributed by atoms with van der Waals surface area (Å²) in [5.41, 5.74) is 2.03. The predicted molar refractivity (Wildman–Crippen MR) is 70.2 cm³/mol. The van der Waals surface area contributed by atoms with Crippen molar-refractivity contribution < 1.29 is 19.8 Å². The first-order valence-corrected chi connectivity index (χ1v) is 6.37. The molecule has 1 unspecified atom stereocenters. The fourth-order valence-electron chi connectivity index (χ4n) is 2.12. The summed E-state index contributed by atoms with van der Waals surface area (Å²) < 4.78 is 0. The molecule has 0 saturated carbocycles. The van der Waals surface area contributed by atoms with Crippen LogP contribution in [0, 0.1) is 0 Å². The van der Waals surface area contributed by atoms with Gasteiger partial charge >= 0.3 is 5.97 Å². The van der Waals surface area contributed by atoms with E-state index in [1.165, 1.54) is 0 Å². The molecule has 0 spiro atoms. The van der Waals surface area contributed by atoms with Crippen molar-refractivity contribution in [3.63, 3.8) is 0 Å². The highest BCUT2D eigenvalue weighted by Crippen LogP contribution is 2.34. The number of halogens is 1. The smallest absolute Gasteiger partial charge is 0.303 e. The van der Waals surface area contributed by atoms with Gasteiger partial charge in [-0.1, -0.05) is 11.6 Å². The van der Waals surface area contributed by atoms with Crippen LogP contribution < -0.4 is 5.32 Å². The third-order valence-corrected chi connectivity index (χ3v) is 3.40. The minimum atomic E-state index is -0.887. The van der Waals surface area contributed by atoms with E-state index in [0.29, 0.717) is 29.1 Å². The fourth-order valence-corrected chi connectivity index (χ4v) is 2.41. The molecule has 1 amide bonds. The van der Waals surface area contributed by atoms with Crippen LogP contribution in [-0.2, 0) is 16.0 Å². The van der Waals surface area contributed by atoms with E-state index in [4.69, 9.17) is 16.7 Å². The molecular weight excluding hydrogens is 270 g/mol. The summed E-state index contributed by atoms with van der Waals surface area (Å²) in [5, 5.41) is 21.6. The minimum Gasteiger partial charge on any atom is -0.481 e. The quantitative estimate of drug-likeness (QED) is 0.772. The molecule has 1 heterocycles. The number of carbonyl (C=O) groups excluding carboxylic acids is 1. The molecule has 1 aliphatic rings. The molecule has 0 aromatic heterocycles. The van der Waals surface area contributed by atoms with E-state index in [1.807, 2.05) is 0 Å². The first-order valence-electron chi connectivity index (χ1n) is 5.99. The molecule has 0 radical (unpaired) electrons. The van der Waals surface area contributed by atoms with Gasteiger partial charge in [0.1, 0.15) is 0 Å². The van der Waals surface area contributed by atoms with Crippen molar-refractivity contribution >= 4 is 29.2 Å². The summed E-state index contributed by atoms with van der Waals surface area (Å²) in [6.45, 7) is 0. The summed E-state index contributed by atoms with van der Waals surface area (Å²) in [6, 6.07) is 3.33. The maximum atomic E-state index is 11.3. The van der Waals surface area contributed by atoms with Crippen LogP contribution in [-0.4, -0.2) is 22.1 Å². The number of fused-ring (bicyclic) bond motifs is 1. The van der Waals surface area contributed by atoms with E-state index < -0.39 is 12.1 Å². The summed E-state index contributed by atoms with van der Waals surface area (Å²) >= 11 is 6.06. The largest absolute Gasteiger partial charge is 0.481 e. The maximum Gasteiger partial charge on any atom is 0.303 e. The number of carbonyl (C=O) groups is 2. The van der Waals surface area contributed by atoms with Gasteiger partial charge in [0.15, 0.2) is 0 Å². The Hall–Kier alpha value is -1.59. The average Bonchev–Trinajstić information content (AvgIpc) is 2.66. The third kappa shape index (κ3) is 3.24. The molecule has 1 aliphatic heterocycles. The monoisotopic (exact) mass is 283 g/mol. The lowest BCUT2D eigenvalue weighted by atomic mass is 10.0. The number of aliphatic carboxylic acids is 1. The first-order chi connectivity index (χ1) is 8.97. The Morgan fingerprint density at radius 1 is 1.47 bits per heavy atom. The zero-order chi connectivity index (χ0) is 14.0. The third-order valence-electron chi connectivity index (χ3n) is 3.07. The lowest BCUT2D eigenvalue weighted by Crippen LogP contribution is -2.03. The number of hydrogen-bond donors (Lipinski definition) is 3. The van der Waals surface area contributed by atoms with Gasteiger partial charge in [0.25, 0.3) is 0 Å². The number of aliphatic hydroxyl groups excluding tert-OH is 1. The van der Waals surface area contributed by atoms with Crippen molar-refractivity contribution in [2.75, 3.05) is 5.32 Å². The molecule has 5 nitrogen and oxygen atoms in total. The van der Waals surface area contributed by atoms with Crippen LogP contribution in [0.1, 0.15) is 36.5 Å². The molecule has 0 fully saturated rings. The van der Waals surface area contributed by atoms with Crippen LogP contribution in [0.4, 0.5) is 5.69 Å². The van der Waals surface area contributed by atoms with Gasteiger partial charge in [-0.25, -0.2) is 0 Å². The summed E-state index contributed by atoms with van der Waals surface area (Å²) in [4.78, 5) is 21.7. The second-order valence-electron chi connectivity index (χ2n) is 4.56. The van der Waals surface area contributed by atoms with Crippen LogP contribution in [0.25, 0.3) is 0 Å². The normalized spacial score (nSPS) is 14.9. The maximum absolute atomic E-state index is 11.3. The van der Waals surface area contributed by atoms with E-state index in [9.17, 15) is 14.7 Å². The molecule has 0 aliphatic carbocycles. The summed E-state index contributed by atoms with van der Waals surface area (Å²) in [7, 11) is 0. The molecule has 2 rings (SSSR count). The summed E-state index contributed by atoms with van der Waals surface area (Å²) in [6.07, 6.45) is 0.182. The van der Waals surface area contributed by atoms with Crippen LogP contribution in [0.3, 0.4) is 0 Å². The standard InChI is InChI=1S/C13H14ClNO4/c14-9-6-10-7(5-12(17)15-10)4-8(9)11(16)2-1-3-13(18)19/h4,6,11,16H,1-3,5H2,(H,15,17)(H,18,19). The molecule has 19 heavy (non-hydrogen) atoms. The van der Waals surface area contributed by atoms with E-state index >= 15 is 0 Å². The minimum absolute atomic E-state index is 0.0136. The van der Waals surface area contributed by atoms with Gasteiger partial charge in [0.2, 0.25) is 5.91 Å². The van der Waals surface area contributed by atoms with Crippen molar-refractivity contribution in [1.29, 1.82) is 0 Å².